The molecule has 202 valence electrons. The number of hydrogen-bond acceptors (Lipinski definition) is 8. The van der Waals surface area contributed by atoms with Crippen molar-refractivity contribution in [2.75, 3.05) is 25.0 Å². The Labute approximate surface area is 223 Å². The molecule has 2 aromatic rings. The summed E-state index contributed by atoms with van der Waals surface area (Å²) in [4.78, 5) is 37.9. The van der Waals surface area contributed by atoms with Gasteiger partial charge in [-0.25, -0.2) is 13.6 Å². The molecular weight excluding hydrogens is 580 g/mol. The van der Waals surface area contributed by atoms with Crippen LogP contribution < -0.4 is 21.1 Å². The molecule has 0 saturated carbocycles. The number of nitrogens with one attached hydrogen (secondary N) is 2. The molecule has 37 heavy (non-hydrogen) atoms. The number of ether oxygens (including phenoxy) is 1. The zero-order valence-electron chi connectivity index (χ0n) is 19.5. The predicted octanol–water partition coefficient (Wildman–Crippen LogP) is 2.11. The molecule has 1 aromatic heterocycles. The van der Waals surface area contributed by atoms with Gasteiger partial charge in [0.2, 0.25) is 11.8 Å². The van der Waals surface area contributed by atoms with E-state index in [1.807, 2.05) is 0 Å². The van der Waals surface area contributed by atoms with Crippen molar-refractivity contribution in [3.63, 3.8) is 0 Å². The second-order valence-electron chi connectivity index (χ2n) is 8.36. The number of aromatic nitrogens is 1. The third-order valence-electron chi connectivity index (χ3n) is 5.50. The largest absolute Gasteiger partial charge is 0.471 e. The van der Waals surface area contributed by atoms with Gasteiger partial charge in [-0.15, -0.1) is 0 Å². The third-order valence-corrected chi connectivity index (χ3v) is 6.71. The van der Waals surface area contributed by atoms with Crippen LogP contribution in [0.4, 0.5) is 18.6 Å². The summed E-state index contributed by atoms with van der Waals surface area (Å²) in [5.41, 5.74) is 4.68. The van der Waals surface area contributed by atoms with Crippen LogP contribution in [-0.4, -0.2) is 69.2 Å². The van der Waals surface area contributed by atoms with Crippen molar-refractivity contribution in [2.24, 2.45) is 5.73 Å². The molecule has 11 nitrogen and oxygen atoms in total. The highest BCUT2D eigenvalue weighted by Crippen LogP contribution is 2.31. The number of amides is 4. The van der Waals surface area contributed by atoms with Gasteiger partial charge >= 0.3 is 6.03 Å². The summed E-state index contributed by atoms with van der Waals surface area (Å²) in [5, 5.41) is 24.8. The van der Waals surface area contributed by atoms with Crippen LogP contribution in [0.2, 0.25) is 0 Å². The topological polar surface area (TPSA) is 167 Å². The molecule has 15 heteroatoms. The number of halogens is 3. The van der Waals surface area contributed by atoms with E-state index in [9.17, 15) is 33.4 Å². The molecule has 2 heterocycles. The zero-order valence-corrected chi connectivity index (χ0v) is 21.9. The van der Waals surface area contributed by atoms with Crippen molar-refractivity contribution in [3.05, 3.63) is 39.4 Å². The van der Waals surface area contributed by atoms with Gasteiger partial charge in [0.05, 0.1) is 24.2 Å². The lowest BCUT2D eigenvalue weighted by molar-refractivity contribution is -0.132. The summed E-state index contributed by atoms with van der Waals surface area (Å²) in [6.45, 7) is 0.475. The van der Waals surface area contributed by atoms with E-state index in [2.05, 4.69) is 30.9 Å². The number of nitrogens with two attached hydrogens (primary N) is 1. The fraction of sp³-hybridized carbons (Fsp3) is 0.455. The first kappa shape index (κ1) is 28.7. The van der Waals surface area contributed by atoms with Gasteiger partial charge in [-0.2, -0.15) is 4.37 Å². The number of nitrogens with zero attached hydrogens (tertiary/aromatic N) is 2. The Bertz CT molecular complexity index is 1120. The average Bonchev–Trinajstić information content (AvgIpc) is 3.47. The van der Waals surface area contributed by atoms with Crippen LogP contribution in [0.3, 0.4) is 0 Å². The zero-order chi connectivity index (χ0) is 27.1. The number of carbonyl (C=O) groups is 3. The highest BCUT2D eigenvalue weighted by Gasteiger charge is 2.25. The minimum atomic E-state index is -1.14. The predicted molar refractivity (Wildman–Crippen MR) is 133 cm³/mol. The van der Waals surface area contributed by atoms with E-state index in [1.165, 1.54) is 0 Å². The van der Waals surface area contributed by atoms with Crippen LogP contribution >= 0.6 is 27.5 Å². The molecule has 6 N–H and O–H groups in total. The Kier molecular flexibility index (Phi) is 10.1. The van der Waals surface area contributed by atoms with Crippen molar-refractivity contribution in [3.8, 4) is 5.88 Å². The molecule has 4 amide bonds. The fourth-order valence-corrected chi connectivity index (χ4v) is 4.80. The van der Waals surface area contributed by atoms with Crippen LogP contribution in [-0.2, 0) is 11.4 Å². The molecule has 3 rings (SSSR count). The maximum Gasteiger partial charge on any atom is 0.320 e. The minimum absolute atomic E-state index is 0.0810. The Morgan fingerprint density at radius 3 is 2.46 bits per heavy atom. The standard InChI is InChI=1S/C22H26BrF2N5O6S/c23-11-5-15(24)14(16(25)6-11)10-36-20-18(19(26)34)21(37-29-20)28-22(35)27-9-13(32)7-12(31)8-17(33)30-3-1-2-4-30/h5-6,12-13,31-32H,1-4,7-10H2,(H2,26,34)(H2,27,28,35)/t12-,13+/m1/s1. The van der Waals surface area contributed by atoms with E-state index in [-0.39, 0.29) is 46.2 Å². The molecule has 1 fully saturated rings. The van der Waals surface area contributed by atoms with Gasteiger partial charge < -0.3 is 30.9 Å². The number of urea groups is 1. The van der Waals surface area contributed by atoms with E-state index >= 15 is 0 Å². The monoisotopic (exact) mass is 605 g/mol. The third kappa shape index (κ3) is 8.05. The Morgan fingerprint density at radius 2 is 1.84 bits per heavy atom. The number of likely N-dealkylation sites (tertiary alicyclic amines) is 1. The van der Waals surface area contributed by atoms with Crippen molar-refractivity contribution in [2.45, 2.75) is 44.5 Å². The number of rotatable bonds is 11. The maximum absolute atomic E-state index is 14.0. The molecular formula is C22H26BrF2N5O6S. The van der Waals surface area contributed by atoms with E-state index in [4.69, 9.17) is 10.5 Å². The molecule has 1 aliphatic rings. The molecule has 2 atom stereocenters. The average molecular weight is 606 g/mol. The lowest BCUT2D eigenvalue weighted by Gasteiger charge is -2.19. The van der Waals surface area contributed by atoms with Gasteiger partial charge in [0.15, 0.2) is 0 Å². The highest BCUT2D eigenvalue weighted by atomic mass is 79.9. The second-order valence-corrected chi connectivity index (χ2v) is 10.1. The first-order valence-corrected chi connectivity index (χ1v) is 12.9. The lowest BCUT2D eigenvalue weighted by Crippen LogP contribution is -2.38. The molecule has 0 aliphatic carbocycles. The molecule has 0 radical (unpaired) electrons. The molecule has 0 spiro atoms. The second kappa shape index (κ2) is 13.1. The number of aliphatic hydroxyl groups is 2. The maximum atomic E-state index is 14.0. The van der Waals surface area contributed by atoms with Crippen molar-refractivity contribution >= 4 is 50.3 Å². The number of benzene rings is 1. The molecule has 1 aliphatic heterocycles. The van der Waals surface area contributed by atoms with Crippen molar-refractivity contribution in [1.29, 1.82) is 0 Å². The lowest BCUT2D eigenvalue weighted by atomic mass is 10.1. The van der Waals surface area contributed by atoms with Gasteiger partial charge in [-0.1, -0.05) is 15.9 Å². The summed E-state index contributed by atoms with van der Waals surface area (Å²) in [6.07, 6.45) is -0.612. The molecule has 0 bridgehead atoms. The Hall–Kier alpha value is -2.88. The van der Waals surface area contributed by atoms with Crippen LogP contribution in [0, 0.1) is 11.6 Å². The van der Waals surface area contributed by atoms with E-state index in [0.717, 1.165) is 25.0 Å². The number of primary amides is 1. The summed E-state index contributed by atoms with van der Waals surface area (Å²) in [7, 11) is 0. The molecule has 1 saturated heterocycles. The molecule has 0 unspecified atom stereocenters. The van der Waals surface area contributed by atoms with Gasteiger partial charge in [0, 0.05) is 30.5 Å². The Balaban J connectivity index is 1.51. The first-order valence-electron chi connectivity index (χ1n) is 11.3. The summed E-state index contributed by atoms with van der Waals surface area (Å²) in [5.74, 6) is -3.24. The number of carbonyl (C=O) groups excluding carboxylic acids is 3. The van der Waals surface area contributed by atoms with E-state index < -0.39 is 48.0 Å². The number of hydrogen-bond donors (Lipinski definition) is 5. The summed E-state index contributed by atoms with van der Waals surface area (Å²) >= 11 is 3.63. The summed E-state index contributed by atoms with van der Waals surface area (Å²) in [6, 6.07) is 1.28. The van der Waals surface area contributed by atoms with E-state index in [1.54, 1.807) is 4.90 Å². The van der Waals surface area contributed by atoms with Gasteiger partial charge in [-0.3, -0.25) is 14.9 Å². The first-order chi connectivity index (χ1) is 17.5. The fourth-order valence-electron chi connectivity index (χ4n) is 3.66. The summed E-state index contributed by atoms with van der Waals surface area (Å²) < 4.78 is 37.4. The van der Waals surface area contributed by atoms with Crippen LogP contribution in [0.1, 0.15) is 41.6 Å². The normalized spacial score (nSPS) is 14.8. The van der Waals surface area contributed by atoms with Crippen molar-refractivity contribution < 1.29 is 38.1 Å². The van der Waals surface area contributed by atoms with Crippen LogP contribution in [0.15, 0.2) is 16.6 Å². The van der Waals surface area contributed by atoms with E-state index in [0.29, 0.717) is 24.6 Å². The SMILES string of the molecule is NC(=O)c1c(OCc2c(F)cc(Br)cc2F)nsc1NC(=O)NC[C@@H](O)C[C@@H](O)CC(=O)N1CCCC1. The van der Waals surface area contributed by atoms with Crippen molar-refractivity contribution in [1.82, 2.24) is 14.6 Å². The van der Waals surface area contributed by atoms with Crippen LogP contribution in [0.25, 0.3) is 0 Å². The smallest absolute Gasteiger partial charge is 0.320 e. The Morgan fingerprint density at radius 1 is 1.19 bits per heavy atom. The van der Waals surface area contributed by atoms with Gasteiger partial charge in [-0.05, 0) is 36.5 Å². The quantitative estimate of drug-likeness (QED) is 0.261. The van der Waals surface area contributed by atoms with Crippen LogP contribution in [0.5, 0.6) is 5.88 Å². The number of anilines is 1. The van der Waals surface area contributed by atoms with Gasteiger partial charge in [0.1, 0.15) is 28.8 Å². The minimum Gasteiger partial charge on any atom is -0.471 e. The molecule has 1 aromatic carbocycles. The van der Waals surface area contributed by atoms with Gasteiger partial charge in [0.25, 0.3) is 5.91 Å². The number of aliphatic hydroxyl groups excluding tert-OH is 2. The highest BCUT2D eigenvalue weighted by molar-refractivity contribution is 9.10.